The summed E-state index contributed by atoms with van der Waals surface area (Å²) in [6.45, 7) is 18.7. The fourth-order valence-electron chi connectivity index (χ4n) is 2.49. The Kier molecular flexibility index (Phi) is 7.05. The van der Waals surface area contributed by atoms with Crippen LogP contribution in [0.1, 0.15) is 79.4 Å². The van der Waals surface area contributed by atoms with Crippen LogP contribution in [0.4, 0.5) is 0 Å². The van der Waals surface area contributed by atoms with Gasteiger partial charge in [-0.3, -0.25) is 0 Å². The van der Waals surface area contributed by atoms with Crippen LogP contribution in [0.25, 0.3) is 0 Å². The molecule has 0 aliphatic rings. The molecule has 0 aliphatic heterocycles. The number of unbranched alkanes of at least 4 members (excludes halogenated alkanes) is 1. The zero-order valence-electron chi connectivity index (χ0n) is 16.0. The van der Waals surface area contributed by atoms with Gasteiger partial charge in [0.15, 0.2) is 0 Å². The van der Waals surface area contributed by atoms with Gasteiger partial charge < -0.3 is 0 Å². The van der Waals surface area contributed by atoms with Crippen LogP contribution < -0.4 is 0 Å². The Balaban J connectivity index is 3.02. The molecular weight excluding hydrogens is 284 g/mol. The maximum Gasteiger partial charge on any atom is 0.00750 e. The second kappa shape index (κ2) is 7.90. The lowest BCUT2D eigenvalue weighted by Gasteiger charge is -2.30. The average Bonchev–Trinajstić information content (AvgIpc) is 2.38. The summed E-state index contributed by atoms with van der Waals surface area (Å²) in [6, 6.07) is 7.17. The average molecular weight is 321 g/mol. The third-order valence-electron chi connectivity index (χ3n) is 4.66. The van der Waals surface area contributed by atoms with E-state index in [1.54, 1.807) is 0 Å². The van der Waals surface area contributed by atoms with Crippen molar-refractivity contribution in [2.45, 2.75) is 85.0 Å². The van der Waals surface area contributed by atoms with Crippen molar-refractivity contribution in [1.82, 2.24) is 0 Å². The van der Waals surface area contributed by atoms with Gasteiger partial charge in [-0.1, -0.05) is 67.9 Å². The maximum atomic E-state index is 2.45. The molecule has 126 valence electrons. The molecule has 0 aromatic heterocycles. The molecule has 22 heavy (non-hydrogen) atoms. The highest BCUT2D eigenvalue weighted by Crippen LogP contribution is 2.35. The molecule has 0 heterocycles. The molecule has 1 heteroatoms. The molecule has 0 nitrogen and oxygen atoms in total. The predicted molar refractivity (Wildman–Crippen MR) is 103 cm³/mol. The van der Waals surface area contributed by atoms with Crippen LogP contribution in [0.15, 0.2) is 23.1 Å². The minimum atomic E-state index is 0.217. The van der Waals surface area contributed by atoms with Crippen LogP contribution in [0.5, 0.6) is 0 Å². The zero-order valence-corrected chi connectivity index (χ0v) is 16.9. The minimum Gasteiger partial charge on any atom is -0.126 e. The largest absolute Gasteiger partial charge is 0.126 e. The van der Waals surface area contributed by atoms with Gasteiger partial charge in [-0.05, 0) is 58.6 Å². The van der Waals surface area contributed by atoms with Crippen molar-refractivity contribution >= 4 is 11.8 Å². The van der Waals surface area contributed by atoms with Gasteiger partial charge in [0.2, 0.25) is 0 Å². The first kappa shape index (κ1) is 19.6. The van der Waals surface area contributed by atoms with E-state index in [9.17, 15) is 0 Å². The molecule has 0 fully saturated rings. The second-order valence-electron chi connectivity index (χ2n) is 8.74. The van der Waals surface area contributed by atoms with E-state index in [0.29, 0.717) is 11.3 Å². The van der Waals surface area contributed by atoms with Gasteiger partial charge in [-0.25, -0.2) is 0 Å². The predicted octanol–water partition coefficient (Wildman–Crippen LogP) is 7.10. The summed E-state index contributed by atoms with van der Waals surface area (Å²) >= 11 is 2.01. The van der Waals surface area contributed by atoms with Crippen LogP contribution in [-0.4, -0.2) is 5.75 Å². The molecule has 1 aromatic rings. The van der Waals surface area contributed by atoms with Gasteiger partial charge in [0.1, 0.15) is 0 Å². The van der Waals surface area contributed by atoms with Crippen LogP contribution in [0.3, 0.4) is 0 Å². The lowest BCUT2D eigenvalue weighted by Crippen LogP contribution is -2.22. The van der Waals surface area contributed by atoms with Crippen LogP contribution >= 0.6 is 11.8 Å². The molecular formula is C21H36S. The van der Waals surface area contributed by atoms with Gasteiger partial charge in [0.05, 0.1) is 0 Å². The highest BCUT2D eigenvalue weighted by atomic mass is 32.2. The first-order valence-electron chi connectivity index (χ1n) is 8.82. The summed E-state index contributed by atoms with van der Waals surface area (Å²) in [5.41, 5.74) is 3.65. The Labute approximate surface area is 143 Å². The summed E-state index contributed by atoms with van der Waals surface area (Å²) in [4.78, 5) is 1.44. The van der Waals surface area contributed by atoms with Crippen molar-refractivity contribution in [3.63, 3.8) is 0 Å². The number of benzene rings is 1. The highest BCUT2D eigenvalue weighted by Gasteiger charge is 2.24. The lowest BCUT2D eigenvalue weighted by molar-refractivity contribution is 0.259. The number of hydrogen-bond donors (Lipinski definition) is 0. The molecule has 0 N–H and O–H groups in total. The van der Waals surface area contributed by atoms with E-state index in [1.165, 1.54) is 41.0 Å². The molecule has 0 saturated heterocycles. The van der Waals surface area contributed by atoms with E-state index in [-0.39, 0.29) is 5.41 Å². The molecule has 1 rings (SSSR count). The van der Waals surface area contributed by atoms with Crippen molar-refractivity contribution in [2.75, 3.05) is 5.75 Å². The van der Waals surface area contributed by atoms with Crippen molar-refractivity contribution in [1.29, 1.82) is 0 Å². The normalized spacial score (nSPS) is 14.2. The van der Waals surface area contributed by atoms with Crippen LogP contribution in [0.2, 0.25) is 0 Å². The SMILES string of the molecule is CCCCSc1ccc(CC(C)C(C)(C)C)c(C(C)(C)C)c1. The van der Waals surface area contributed by atoms with E-state index in [1.807, 2.05) is 11.8 Å². The van der Waals surface area contributed by atoms with E-state index in [0.717, 1.165) is 0 Å². The Morgan fingerprint density at radius 3 is 2.18 bits per heavy atom. The zero-order chi connectivity index (χ0) is 17.0. The molecule has 0 aliphatic carbocycles. The Morgan fingerprint density at radius 1 is 1.05 bits per heavy atom. The molecule has 0 amide bonds. The molecule has 1 unspecified atom stereocenters. The molecule has 0 saturated carbocycles. The van der Waals surface area contributed by atoms with E-state index >= 15 is 0 Å². The maximum absolute atomic E-state index is 2.45. The number of thioether (sulfide) groups is 1. The van der Waals surface area contributed by atoms with E-state index in [2.05, 4.69) is 73.6 Å². The van der Waals surface area contributed by atoms with Crippen LogP contribution in [-0.2, 0) is 11.8 Å². The Hall–Kier alpha value is -0.430. The van der Waals surface area contributed by atoms with Gasteiger partial charge in [-0.2, -0.15) is 0 Å². The summed E-state index contributed by atoms with van der Waals surface area (Å²) in [7, 11) is 0. The molecule has 1 atom stereocenters. The Bertz CT molecular complexity index is 460. The molecule has 0 bridgehead atoms. The monoisotopic (exact) mass is 320 g/mol. The number of hydrogen-bond acceptors (Lipinski definition) is 1. The third-order valence-corrected chi connectivity index (χ3v) is 5.74. The van der Waals surface area contributed by atoms with Crippen molar-refractivity contribution in [3.05, 3.63) is 29.3 Å². The lowest BCUT2D eigenvalue weighted by atomic mass is 9.75. The van der Waals surface area contributed by atoms with Crippen LogP contribution in [0, 0.1) is 11.3 Å². The van der Waals surface area contributed by atoms with Gasteiger partial charge in [0.25, 0.3) is 0 Å². The van der Waals surface area contributed by atoms with Gasteiger partial charge >= 0.3 is 0 Å². The fraction of sp³-hybridized carbons (Fsp3) is 0.714. The quantitative estimate of drug-likeness (QED) is 0.398. The van der Waals surface area contributed by atoms with Crippen molar-refractivity contribution in [3.8, 4) is 0 Å². The summed E-state index contributed by atoms with van der Waals surface area (Å²) < 4.78 is 0. The topological polar surface area (TPSA) is 0 Å². The van der Waals surface area contributed by atoms with E-state index < -0.39 is 0 Å². The molecule has 0 spiro atoms. The van der Waals surface area contributed by atoms with Crippen molar-refractivity contribution < 1.29 is 0 Å². The second-order valence-corrected chi connectivity index (χ2v) is 9.91. The molecule has 1 aromatic carbocycles. The first-order chi connectivity index (χ1) is 10.1. The summed E-state index contributed by atoms with van der Waals surface area (Å²) in [5.74, 6) is 1.92. The highest BCUT2D eigenvalue weighted by molar-refractivity contribution is 7.99. The number of rotatable bonds is 6. The summed E-state index contributed by atoms with van der Waals surface area (Å²) in [5, 5.41) is 0. The fourth-order valence-corrected chi connectivity index (χ4v) is 3.53. The van der Waals surface area contributed by atoms with Gasteiger partial charge in [-0.15, -0.1) is 11.8 Å². The van der Waals surface area contributed by atoms with E-state index in [4.69, 9.17) is 0 Å². The van der Waals surface area contributed by atoms with Crippen molar-refractivity contribution in [2.24, 2.45) is 11.3 Å². The minimum absolute atomic E-state index is 0.217. The Morgan fingerprint density at radius 2 is 1.68 bits per heavy atom. The third kappa shape index (κ3) is 5.99. The molecule has 0 radical (unpaired) electrons. The standard InChI is InChI=1S/C21H36S/c1-9-10-13-22-18-12-11-17(14-16(2)20(3,4)5)19(15-18)21(6,7)8/h11-12,15-16H,9-10,13-14H2,1-8H3. The van der Waals surface area contributed by atoms with Gasteiger partial charge in [0, 0.05) is 4.90 Å². The summed E-state index contributed by atoms with van der Waals surface area (Å²) in [6.07, 6.45) is 3.76. The first-order valence-corrected chi connectivity index (χ1v) is 9.80. The smallest absolute Gasteiger partial charge is 0.00750 e.